The van der Waals surface area contributed by atoms with Gasteiger partial charge in [-0.3, -0.25) is 14.5 Å². The van der Waals surface area contributed by atoms with Gasteiger partial charge in [-0.25, -0.2) is 0 Å². The Morgan fingerprint density at radius 2 is 1.71 bits per heavy atom. The molecule has 0 saturated carbocycles. The minimum Gasteiger partial charge on any atom is -0.459 e. The van der Waals surface area contributed by atoms with E-state index in [1.54, 1.807) is 48.5 Å². The van der Waals surface area contributed by atoms with E-state index in [1.807, 2.05) is 17.0 Å². The van der Waals surface area contributed by atoms with E-state index in [4.69, 9.17) is 20.5 Å². The maximum absolute atomic E-state index is 12.9. The van der Waals surface area contributed by atoms with Crippen LogP contribution in [0.25, 0.3) is 11.4 Å². The van der Waals surface area contributed by atoms with Crippen molar-refractivity contribution in [2.45, 2.75) is 6.54 Å². The van der Waals surface area contributed by atoms with Crippen LogP contribution in [0.2, 0.25) is 5.02 Å². The third kappa shape index (κ3) is 5.42. The number of anilines is 1. The summed E-state index contributed by atoms with van der Waals surface area (Å²) >= 11 is 5.93. The summed E-state index contributed by atoms with van der Waals surface area (Å²) < 4.78 is 10.5. The van der Waals surface area contributed by atoms with E-state index < -0.39 is 0 Å². The van der Waals surface area contributed by atoms with Gasteiger partial charge in [-0.1, -0.05) is 16.8 Å². The van der Waals surface area contributed by atoms with Gasteiger partial charge in [0.1, 0.15) is 0 Å². The smallest absolute Gasteiger partial charge is 0.291 e. The molecule has 35 heavy (non-hydrogen) atoms. The molecule has 0 spiro atoms. The summed E-state index contributed by atoms with van der Waals surface area (Å²) in [7, 11) is 0. The molecule has 1 saturated heterocycles. The molecule has 178 valence electrons. The van der Waals surface area contributed by atoms with Gasteiger partial charge in [0.25, 0.3) is 11.8 Å². The van der Waals surface area contributed by atoms with Crippen molar-refractivity contribution in [1.29, 1.82) is 0 Å². The Balaban J connectivity index is 1.12. The third-order valence-electron chi connectivity index (χ3n) is 5.72. The van der Waals surface area contributed by atoms with Gasteiger partial charge in [0.15, 0.2) is 5.76 Å². The number of nitrogens with zero attached hydrogens (tertiary/aromatic N) is 4. The highest BCUT2D eigenvalue weighted by Crippen LogP contribution is 2.20. The highest BCUT2D eigenvalue weighted by molar-refractivity contribution is 6.30. The molecule has 3 heterocycles. The summed E-state index contributed by atoms with van der Waals surface area (Å²) in [5.74, 6) is 0.893. The van der Waals surface area contributed by atoms with Gasteiger partial charge in [0, 0.05) is 48.0 Å². The first-order chi connectivity index (χ1) is 17.0. The Hall–Kier alpha value is -3.95. The zero-order valence-corrected chi connectivity index (χ0v) is 19.4. The second kappa shape index (κ2) is 10.1. The average molecular weight is 492 g/mol. The molecule has 0 bridgehead atoms. The third-order valence-corrected chi connectivity index (χ3v) is 5.98. The molecule has 10 heteroatoms. The SMILES string of the molecule is O=C(Nc1ccc(C(=O)N2CCN(Cc3nc(-c4ccc(Cl)cc4)no3)CC2)cc1)c1ccco1. The van der Waals surface area contributed by atoms with E-state index >= 15 is 0 Å². The van der Waals surface area contributed by atoms with Crippen molar-refractivity contribution in [3.63, 3.8) is 0 Å². The number of amides is 2. The molecule has 0 radical (unpaired) electrons. The molecule has 9 nitrogen and oxygen atoms in total. The molecule has 1 N–H and O–H groups in total. The van der Waals surface area contributed by atoms with Gasteiger partial charge in [-0.2, -0.15) is 4.98 Å². The standard InChI is InChI=1S/C25H22ClN5O4/c26-19-7-3-17(4-8-19)23-28-22(35-29-23)16-30-11-13-31(14-12-30)25(33)18-5-9-20(10-6-18)27-24(32)21-2-1-15-34-21/h1-10,15H,11-14,16H2,(H,27,32). The predicted molar refractivity (Wildman–Crippen MR) is 129 cm³/mol. The van der Waals surface area contributed by atoms with E-state index in [2.05, 4.69) is 20.4 Å². The lowest BCUT2D eigenvalue weighted by atomic mass is 10.1. The predicted octanol–water partition coefficient (Wildman–Crippen LogP) is 4.19. The number of nitrogens with one attached hydrogen (secondary N) is 1. The van der Waals surface area contributed by atoms with Crippen molar-refractivity contribution in [1.82, 2.24) is 19.9 Å². The van der Waals surface area contributed by atoms with Crippen molar-refractivity contribution in [3.05, 3.63) is 89.2 Å². The Morgan fingerprint density at radius 1 is 0.971 bits per heavy atom. The van der Waals surface area contributed by atoms with Crippen LogP contribution in [0.3, 0.4) is 0 Å². The maximum Gasteiger partial charge on any atom is 0.291 e. The molecule has 0 atom stereocenters. The van der Waals surface area contributed by atoms with Gasteiger partial charge in [-0.15, -0.1) is 0 Å². The number of carbonyl (C=O) groups is 2. The van der Waals surface area contributed by atoms with E-state index in [9.17, 15) is 9.59 Å². The lowest BCUT2D eigenvalue weighted by molar-refractivity contribution is 0.0615. The van der Waals surface area contributed by atoms with Crippen molar-refractivity contribution in [2.75, 3.05) is 31.5 Å². The summed E-state index contributed by atoms with van der Waals surface area (Å²) in [6.07, 6.45) is 1.44. The minimum absolute atomic E-state index is 0.0450. The van der Waals surface area contributed by atoms with E-state index in [0.717, 1.165) is 5.56 Å². The van der Waals surface area contributed by atoms with Crippen LogP contribution in [-0.4, -0.2) is 57.9 Å². The number of hydrogen-bond donors (Lipinski definition) is 1. The van der Waals surface area contributed by atoms with Gasteiger partial charge >= 0.3 is 0 Å². The number of halogens is 1. The lowest BCUT2D eigenvalue weighted by Crippen LogP contribution is -2.48. The topological polar surface area (TPSA) is 105 Å². The Morgan fingerprint density at radius 3 is 2.40 bits per heavy atom. The normalized spacial score (nSPS) is 14.1. The quantitative estimate of drug-likeness (QED) is 0.431. The highest BCUT2D eigenvalue weighted by Gasteiger charge is 2.23. The molecule has 0 unspecified atom stereocenters. The zero-order chi connectivity index (χ0) is 24.2. The first kappa shape index (κ1) is 22.8. The first-order valence-electron chi connectivity index (χ1n) is 11.1. The van der Waals surface area contributed by atoms with Crippen molar-refractivity contribution < 1.29 is 18.5 Å². The highest BCUT2D eigenvalue weighted by atomic mass is 35.5. The molecule has 2 aromatic carbocycles. The summed E-state index contributed by atoms with van der Waals surface area (Å²) in [6.45, 7) is 3.10. The van der Waals surface area contributed by atoms with Crippen LogP contribution in [0.4, 0.5) is 5.69 Å². The van der Waals surface area contributed by atoms with E-state index in [-0.39, 0.29) is 17.6 Å². The first-order valence-corrected chi connectivity index (χ1v) is 11.5. The summed E-state index contributed by atoms with van der Waals surface area (Å²) in [4.78, 5) is 33.5. The van der Waals surface area contributed by atoms with Crippen molar-refractivity contribution in [2.24, 2.45) is 0 Å². The van der Waals surface area contributed by atoms with Crippen LogP contribution in [0.5, 0.6) is 0 Å². The molecule has 1 fully saturated rings. The van der Waals surface area contributed by atoms with E-state index in [1.165, 1.54) is 6.26 Å². The minimum atomic E-state index is -0.341. The molecular formula is C25H22ClN5O4. The summed E-state index contributed by atoms with van der Waals surface area (Å²) in [5.41, 5.74) is 2.00. The van der Waals surface area contributed by atoms with Gasteiger partial charge in [0.05, 0.1) is 12.8 Å². The fourth-order valence-electron chi connectivity index (χ4n) is 3.81. The van der Waals surface area contributed by atoms with E-state index in [0.29, 0.717) is 60.7 Å². The molecule has 1 aliphatic heterocycles. The van der Waals surface area contributed by atoms with Crippen LogP contribution in [0.15, 0.2) is 75.9 Å². The van der Waals surface area contributed by atoms with Crippen LogP contribution < -0.4 is 5.32 Å². The fourth-order valence-corrected chi connectivity index (χ4v) is 3.94. The number of rotatable bonds is 6. The molecular weight excluding hydrogens is 470 g/mol. The molecule has 2 aromatic heterocycles. The van der Waals surface area contributed by atoms with Crippen LogP contribution >= 0.6 is 11.6 Å². The summed E-state index contributed by atoms with van der Waals surface area (Å²) in [6, 6.07) is 17.3. The molecule has 2 amide bonds. The Kier molecular flexibility index (Phi) is 6.60. The Labute approximate surface area is 206 Å². The maximum atomic E-state index is 12.9. The number of benzene rings is 2. The van der Waals surface area contributed by atoms with Crippen molar-refractivity contribution >= 4 is 29.1 Å². The number of aromatic nitrogens is 2. The molecule has 4 aromatic rings. The van der Waals surface area contributed by atoms with Crippen LogP contribution in [-0.2, 0) is 6.54 Å². The number of carbonyl (C=O) groups excluding carboxylic acids is 2. The van der Waals surface area contributed by atoms with Crippen LogP contribution in [0.1, 0.15) is 26.8 Å². The van der Waals surface area contributed by atoms with Gasteiger partial charge in [-0.05, 0) is 60.7 Å². The van der Waals surface area contributed by atoms with Crippen molar-refractivity contribution in [3.8, 4) is 11.4 Å². The number of hydrogen-bond acceptors (Lipinski definition) is 7. The molecule has 1 aliphatic rings. The second-order valence-electron chi connectivity index (χ2n) is 8.10. The fraction of sp³-hybridized carbons (Fsp3) is 0.200. The average Bonchev–Trinajstić information content (AvgIpc) is 3.58. The lowest BCUT2D eigenvalue weighted by Gasteiger charge is -2.34. The second-order valence-corrected chi connectivity index (χ2v) is 8.53. The Bertz CT molecular complexity index is 1290. The number of piperazine rings is 1. The zero-order valence-electron chi connectivity index (χ0n) is 18.7. The molecule has 5 rings (SSSR count). The van der Waals surface area contributed by atoms with Gasteiger partial charge in [0.2, 0.25) is 11.7 Å². The summed E-state index contributed by atoms with van der Waals surface area (Å²) in [5, 5.41) is 7.45. The molecule has 0 aliphatic carbocycles. The van der Waals surface area contributed by atoms with Gasteiger partial charge < -0.3 is 19.2 Å². The van der Waals surface area contributed by atoms with Crippen LogP contribution in [0, 0.1) is 0 Å². The monoisotopic (exact) mass is 491 g/mol. The number of furan rings is 1. The largest absolute Gasteiger partial charge is 0.459 e.